The van der Waals surface area contributed by atoms with Gasteiger partial charge in [-0.15, -0.1) is 0 Å². The summed E-state index contributed by atoms with van der Waals surface area (Å²) in [7, 11) is 3.07. The Bertz CT molecular complexity index is 1090. The van der Waals surface area contributed by atoms with Crippen molar-refractivity contribution in [3.63, 3.8) is 0 Å². The second kappa shape index (κ2) is 5.79. The van der Waals surface area contributed by atoms with Gasteiger partial charge in [0.25, 0.3) is 5.91 Å². The fraction of sp³-hybridized carbons (Fsp3) is 0.188. The van der Waals surface area contributed by atoms with Crippen LogP contribution in [0.3, 0.4) is 0 Å². The molecule has 2 heterocycles. The third kappa shape index (κ3) is 2.58. The number of anilines is 1. The number of aromatic nitrogens is 2. The van der Waals surface area contributed by atoms with Crippen molar-refractivity contribution >= 4 is 38.6 Å². The Labute approximate surface area is 144 Å². The molecule has 0 fully saturated rings. The first kappa shape index (κ1) is 16.3. The van der Waals surface area contributed by atoms with Crippen molar-refractivity contribution in [3.05, 3.63) is 61.0 Å². The number of carbonyl (C=O) groups excluding carboxylic acids is 1. The lowest BCUT2D eigenvalue weighted by molar-refractivity contribution is 0.0995. The van der Waals surface area contributed by atoms with Gasteiger partial charge in [-0.3, -0.25) is 14.4 Å². The largest absolute Gasteiger partial charge is 0.444 e. The van der Waals surface area contributed by atoms with E-state index in [-0.39, 0.29) is 5.76 Å². The van der Waals surface area contributed by atoms with Gasteiger partial charge in [-0.05, 0) is 52.7 Å². The van der Waals surface area contributed by atoms with Crippen LogP contribution in [0.4, 0.5) is 5.69 Å². The standard InChI is InChI=1S/C16H14BrN3O4/c1-8-6-10-11(20(3)16(23)15(22)19(10)2)7-9(8)18-14(21)12-4-5-13(17)24-12/h4-7H,1-3H3,(H,18,21). The van der Waals surface area contributed by atoms with Crippen LogP contribution in [0.25, 0.3) is 11.0 Å². The molecule has 0 aliphatic rings. The second-order valence-electron chi connectivity index (χ2n) is 5.44. The van der Waals surface area contributed by atoms with Crippen molar-refractivity contribution < 1.29 is 9.21 Å². The molecule has 1 amide bonds. The average Bonchev–Trinajstić information content (AvgIpc) is 2.99. The minimum Gasteiger partial charge on any atom is -0.444 e. The lowest BCUT2D eigenvalue weighted by Gasteiger charge is -2.13. The number of carbonyl (C=O) groups is 1. The zero-order valence-corrected chi connectivity index (χ0v) is 14.8. The van der Waals surface area contributed by atoms with Gasteiger partial charge in [-0.25, -0.2) is 0 Å². The van der Waals surface area contributed by atoms with Crippen LogP contribution >= 0.6 is 15.9 Å². The number of nitrogens with one attached hydrogen (secondary N) is 1. The van der Waals surface area contributed by atoms with Crippen LogP contribution < -0.4 is 16.4 Å². The van der Waals surface area contributed by atoms with Gasteiger partial charge >= 0.3 is 11.1 Å². The highest BCUT2D eigenvalue weighted by Gasteiger charge is 2.15. The van der Waals surface area contributed by atoms with Gasteiger partial charge in [0.05, 0.1) is 11.0 Å². The molecule has 0 aliphatic heterocycles. The van der Waals surface area contributed by atoms with E-state index in [9.17, 15) is 14.4 Å². The zero-order chi connectivity index (χ0) is 17.6. The second-order valence-corrected chi connectivity index (χ2v) is 6.22. The Kier molecular flexibility index (Phi) is 3.92. The lowest BCUT2D eigenvalue weighted by atomic mass is 10.1. The molecule has 3 rings (SSSR count). The van der Waals surface area contributed by atoms with E-state index in [1.54, 1.807) is 31.3 Å². The molecule has 0 atom stereocenters. The van der Waals surface area contributed by atoms with E-state index in [1.807, 2.05) is 6.92 Å². The van der Waals surface area contributed by atoms with E-state index in [0.29, 0.717) is 21.4 Å². The number of aryl methyl sites for hydroxylation is 3. The van der Waals surface area contributed by atoms with Crippen LogP contribution in [0.1, 0.15) is 16.1 Å². The molecule has 24 heavy (non-hydrogen) atoms. The normalized spacial score (nSPS) is 11.0. The molecule has 3 aromatic rings. The highest BCUT2D eigenvalue weighted by molar-refractivity contribution is 9.10. The van der Waals surface area contributed by atoms with Gasteiger partial charge in [0, 0.05) is 19.8 Å². The molecule has 124 valence electrons. The molecule has 0 radical (unpaired) electrons. The van der Waals surface area contributed by atoms with Gasteiger partial charge in [-0.2, -0.15) is 0 Å². The van der Waals surface area contributed by atoms with E-state index in [4.69, 9.17) is 4.42 Å². The summed E-state index contributed by atoms with van der Waals surface area (Å²) >= 11 is 3.15. The maximum Gasteiger partial charge on any atom is 0.316 e. The monoisotopic (exact) mass is 391 g/mol. The van der Waals surface area contributed by atoms with Gasteiger partial charge < -0.3 is 18.9 Å². The van der Waals surface area contributed by atoms with Crippen molar-refractivity contribution in [1.82, 2.24) is 9.13 Å². The van der Waals surface area contributed by atoms with Crippen molar-refractivity contribution in [2.75, 3.05) is 5.32 Å². The van der Waals surface area contributed by atoms with Crippen molar-refractivity contribution in [2.24, 2.45) is 14.1 Å². The number of amides is 1. The summed E-state index contributed by atoms with van der Waals surface area (Å²) in [5, 5.41) is 2.76. The first-order valence-corrected chi connectivity index (χ1v) is 7.86. The number of hydrogen-bond donors (Lipinski definition) is 1. The van der Waals surface area contributed by atoms with Crippen LogP contribution in [-0.4, -0.2) is 15.0 Å². The van der Waals surface area contributed by atoms with Crippen LogP contribution in [0.2, 0.25) is 0 Å². The number of fused-ring (bicyclic) bond motifs is 1. The molecular formula is C16H14BrN3O4. The molecular weight excluding hydrogens is 378 g/mol. The Morgan fingerprint density at radius 1 is 1.08 bits per heavy atom. The molecule has 8 heteroatoms. The maximum absolute atomic E-state index is 12.2. The van der Waals surface area contributed by atoms with Gasteiger partial charge in [-0.1, -0.05) is 0 Å². The van der Waals surface area contributed by atoms with E-state index in [2.05, 4.69) is 21.2 Å². The smallest absolute Gasteiger partial charge is 0.316 e. The zero-order valence-electron chi connectivity index (χ0n) is 13.2. The maximum atomic E-state index is 12.2. The minimum absolute atomic E-state index is 0.163. The molecule has 0 aliphatic carbocycles. The summed E-state index contributed by atoms with van der Waals surface area (Å²) < 4.78 is 8.26. The Balaban J connectivity index is 2.13. The number of furan rings is 1. The molecule has 1 aromatic carbocycles. The number of rotatable bonds is 2. The average molecular weight is 392 g/mol. The first-order chi connectivity index (χ1) is 11.3. The molecule has 0 saturated heterocycles. The minimum atomic E-state index is -0.624. The number of benzene rings is 1. The summed E-state index contributed by atoms with van der Waals surface area (Å²) in [5.41, 5.74) is 1.23. The van der Waals surface area contributed by atoms with Gasteiger partial charge in [0.2, 0.25) is 0 Å². The Morgan fingerprint density at radius 2 is 1.67 bits per heavy atom. The third-order valence-corrected chi connectivity index (χ3v) is 4.31. The molecule has 0 spiro atoms. The van der Waals surface area contributed by atoms with Crippen molar-refractivity contribution in [1.29, 1.82) is 0 Å². The summed E-state index contributed by atoms with van der Waals surface area (Å²) in [5.74, 6) is -0.242. The van der Waals surface area contributed by atoms with Gasteiger partial charge in [0.1, 0.15) is 0 Å². The SMILES string of the molecule is Cc1cc2c(cc1NC(=O)c1ccc(Br)o1)n(C)c(=O)c(=O)n2C. The summed E-state index contributed by atoms with van der Waals surface area (Å²) in [6.45, 7) is 1.81. The highest BCUT2D eigenvalue weighted by atomic mass is 79.9. The topological polar surface area (TPSA) is 86.2 Å². The number of hydrogen-bond acceptors (Lipinski definition) is 4. The molecule has 0 bridgehead atoms. The quantitative estimate of drug-likeness (QED) is 0.678. The van der Waals surface area contributed by atoms with E-state index in [0.717, 1.165) is 5.56 Å². The predicted molar refractivity (Wildman–Crippen MR) is 93.5 cm³/mol. The third-order valence-electron chi connectivity index (χ3n) is 3.88. The molecule has 7 nitrogen and oxygen atoms in total. The van der Waals surface area contributed by atoms with Crippen LogP contribution in [-0.2, 0) is 14.1 Å². The van der Waals surface area contributed by atoms with Gasteiger partial charge in [0.15, 0.2) is 10.4 Å². The molecule has 1 N–H and O–H groups in total. The Morgan fingerprint density at radius 3 is 2.21 bits per heavy atom. The fourth-order valence-corrected chi connectivity index (χ4v) is 2.79. The molecule has 0 unspecified atom stereocenters. The van der Waals surface area contributed by atoms with E-state index >= 15 is 0 Å². The fourth-order valence-electron chi connectivity index (χ4n) is 2.48. The number of nitrogens with zero attached hydrogens (tertiary/aromatic N) is 2. The predicted octanol–water partition coefficient (Wildman–Crippen LogP) is 2.15. The molecule has 2 aromatic heterocycles. The Hall–Kier alpha value is -2.61. The van der Waals surface area contributed by atoms with Crippen LogP contribution in [0, 0.1) is 6.92 Å². The van der Waals surface area contributed by atoms with Crippen molar-refractivity contribution in [3.8, 4) is 0 Å². The lowest BCUT2D eigenvalue weighted by Crippen LogP contribution is -2.39. The number of halogens is 1. The van der Waals surface area contributed by atoms with E-state index in [1.165, 1.54) is 16.2 Å². The van der Waals surface area contributed by atoms with Crippen molar-refractivity contribution in [2.45, 2.75) is 6.92 Å². The first-order valence-electron chi connectivity index (χ1n) is 7.06. The highest BCUT2D eigenvalue weighted by Crippen LogP contribution is 2.23. The summed E-state index contributed by atoms with van der Waals surface area (Å²) in [4.78, 5) is 36.1. The van der Waals surface area contributed by atoms with Crippen LogP contribution in [0.15, 0.2) is 42.9 Å². The molecule has 0 saturated carbocycles. The summed E-state index contributed by atoms with van der Waals surface area (Å²) in [6, 6.07) is 6.60. The van der Waals surface area contributed by atoms with E-state index < -0.39 is 17.0 Å². The summed E-state index contributed by atoms with van der Waals surface area (Å²) in [6.07, 6.45) is 0. The van der Waals surface area contributed by atoms with Crippen LogP contribution in [0.5, 0.6) is 0 Å².